The Hall–Kier alpha value is -2.82. The molecule has 0 unspecified atom stereocenters. The number of ether oxygens (including phenoxy) is 2. The monoisotopic (exact) mass is 327 g/mol. The maximum atomic E-state index is 12.1. The second-order valence-corrected chi connectivity index (χ2v) is 5.52. The van der Waals surface area contributed by atoms with Crippen molar-refractivity contribution in [2.24, 2.45) is 0 Å². The van der Waals surface area contributed by atoms with Crippen LogP contribution in [-0.2, 0) is 20.7 Å². The number of aryl methyl sites for hydroxylation is 1. The minimum absolute atomic E-state index is 0.103. The molecule has 0 aromatic heterocycles. The van der Waals surface area contributed by atoms with E-state index in [9.17, 15) is 9.59 Å². The molecular formula is C19H21NO4. The summed E-state index contributed by atoms with van der Waals surface area (Å²) in [4.78, 5) is 24.0. The van der Waals surface area contributed by atoms with Gasteiger partial charge in [0, 0.05) is 5.69 Å². The van der Waals surface area contributed by atoms with E-state index in [-0.39, 0.29) is 12.3 Å². The Morgan fingerprint density at radius 1 is 1.12 bits per heavy atom. The van der Waals surface area contributed by atoms with E-state index >= 15 is 0 Å². The van der Waals surface area contributed by atoms with Crippen molar-refractivity contribution in [1.29, 1.82) is 0 Å². The van der Waals surface area contributed by atoms with Gasteiger partial charge in [-0.25, -0.2) is 0 Å². The van der Waals surface area contributed by atoms with Gasteiger partial charge in [-0.1, -0.05) is 24.3 Å². The lowest BCUT2D eigenvalue weighted by Crippen LogP contribution is -2.30. The molecule has 126 valence electrons. The number of rotatable bonds is 6. The number of carbonyl (C=O) groups is 2. The van der Waals surface area contributed by atoms with Crippen LogP contribution in [0.4, 0.5) is 5.69 Å². The van der Waals surface area contributed by atoms with Crippen LogP contribution in [0.25, 0.3) is 0 Å². The molecule has 5 heteroatoms. The third-order valence-corrected chi connectivity index (χ3v) is 3.47. The third-order valence-electron chi connectivity index (χ3n) is 3.47. The van der Waals surface area contributed by atoms with Gasteiger partial charge in [0.25, 0.3) is 5.91 Å². The van der Waals surface area contributed by atoms with Gasteiger partial charge in [0.15, 0.2) is 6.10 Å². The maximum absolute atomic E-state index is 12.1. The Bertz CT molecular complexity index is 710. The van der Waals surface area contributed by atoms with E-state index in [1.54, 1.807) is 44.4 Å². The van der Waals surface area contributed by atoms with Crippen molar-refractivity contribution >= 4 is 17.6 Å². The number of amides is 1. The quantitative estimate of drug-likeness (QED) is 0.828. The normalized spacial score (nSPS) is 11.5. The molecule has 0 bridgehead atoms. The first kappa shape index (κ1) is 17.5. The molecule has 0 spiro atoms. The second kappa shape index (κ2) is 8.15. The maximum Gasteiger partial charge on any atom is 0.311 e. The molecule has 24 heavy (non-hydrogen) atoms. The molecule has 0 aliphatic heterocycles. The SMILES string of the molecule is COc1ccc(CC(=O)O[C@@H](C)C(=O)Nc2cccc(C)c2)cc1. The molecule has 2 aromatic carbocycles. The Kier molecular flexibility index (Phi) is 5.95. The van der Waals surface area contributed by atoms with Crippen LogP contribution in [-0.4, -0.2) is 25.1 Å². The van der Waals surface area contributed by atoms with Crippen molar-refractivity contribution in [3.8, 4) is 5.75 Å². The van der Waals surface area contributed by atoms with E-state index in [1.807, 2.05) is 25.1 Å². The van der Waals surface area contributed by atoms with Gasteiger partial charge in [-0.05, 0) is 49.2 Å². The van der Waals surface area contributed by atoms with Crippen LogP contribution in [0.5, 0.6) is 5.75 Å². The summed E-state index contributed by atoms with van der Waals surface area (Å²) in [6.45, 7) is 3.49. The standard InChI is InChI=1S/C19H21NO4/c1-13-5-4-6-16(11-13)20-19(22)14(2)24-18(21)12-15-7-9-17(23-3)10-8-15/h4-11,14H,12H2,1-3H3,(H,20,22)/t14-/m0/s1. The fraction of sp³-hybridized carbons (Fsp3) is 0.263. The fourth-order valence-corrected chi connectivity index (χ4v) is 2.17. The van der Waals surface area contributed by atoms with E-state index in [2.05, 4.69) is 5.32 Å². The number of hydrogen-bond donors (Lipinski definition) is 1. The summed E-state index contributed by atoms with van der Waals surface area (Å²) in [6.07, 6.45) is -0.761. The van der Waals surface area contributed by atoms with E-state index in [0.717, 1.165) is 16.9 Å². The molecule has 0 radical (unpaired) electrons. The molecular weight excluding hydrogens is 306 g/mol. The first-order valence-electron chi connectivity index (χ1n) is 7.68. The second-order valence-electron chi connectivity index (χ2n) is 5.52. The Morgan fingerprint density at radius 2 is 1.83 bits per heavy atom. The van der Waals surface area contributed by atoms with E-state index in [4.69, 9.17) is 9.47 Å². The van der Waals surface area contributed by atoms with E-state index in [0.29, 0.717) is 5.69 Å². The minimum atomic E-state index is -0.865. The average Bonchev–Trinajstić information content (AvgIpc) is 2.55. The Labute approximate surface area is 141 Å². The summed E-state index contributed by atoms with van der Waals surface area (Å²) < 4.78 is 10.3. The summed E-state index contributed by atoms with van der Waals surface area (Å²) in [7, 11) is 1.58. The van der Waals surface area contributed by atoms with Gasteiger partial charge in [0.05, 0.1) is 13.5 Å². The summed E-state index contributed by atoms with van der Waals surface area (Å²) in [6, 6.07) is 14.6. The number of hydrogen-bond acceptors (Lipinski definition) is 4. The number of esters is 1. The van der Waals surface area contributed by atoms with Gasteiger partial charge >= 0.3 is 5.97 Å². The van der Waals surface area contributed by atoms with Crippen molar-refractivity contribution in [2.75, 3.05) is 12.4 Å². The highest BCUT2D eigenvalue weighted by Crippen LogP contribution is 2.13. The zero-order valence-corrected chi connectivity index (χ0v) is 14.0. The van der Waals surface area contributed by atoms with Crippen LogP contribution < -0.4 is 10.1 Å². The molecule has 0 aliphatic rings. The molecule has 1 amide bonds. The first-order valence-corrected chi connectivity index (χ1v) is 7.68. The minimum Gasteiger partial charge on any atom is -0.497 e. The van der Waals surface area contributed by atoms with Crippen molar-refractivity contribution in [2.45, 2.75) is 26.4 Å². The first-order chi connectivity index (χ1) is 11.5. The van der Waals surface area contributed by atoms with E-state index < -0.39 is 12.1 Å². The van der Waals surface area contributed by atoms with Gasteiger partial charge in [0.2, 0.25) is 0 Å². The molecule has 1 atom stereocenters. The smallest absolute Gasteiger partial charge is 0.311 e. The zero-order chi connectivity index (χ0) is 17.5. The predicted octanol–water partition coefficient (Wildman–Crippen LogP) is 3.12. The summed E-state index contributed by atoms with van der Waals surface area (Å²) in [5.41, 5.74) is 2.52. The molecule has 2 rings (SSSR count). The van der Waals surface area contributed by atoms with Crippen molar-refractivity contribution < 1.29 is 19.1 Å². The Balaban J connectivity index is 1.86. The highest BCUT2D eigenvalue weighted by Gasteiger charge is 2.18. The summed E-state index contributed by atoms with van der Waals surface area (Å²) >= 11 is 0. The van der Waals surface area contributed by atoms with Crippen molar-refractivity contribution in [3.63, 3.8) is 0 Å². The molecule has 1 N–H and O–H groups in total. The number of nitrogens with one attached hydrogen (secondary N) is 1. The molecule has 0 aliphatic carbocycles. The molecule has 2 aromatic rings. The summed E-state index contributed by atoms with van der Waals surface area (Å²) in [5, 5.41) is 2.73. The number of methoxy groups -OCH3 is 1. The average molecular weight is 327 g/mol. The fourth-order valence-electron chi connectivity index (χ4n) is 2.17. The lowest BCUT2D eigenvalue weighted by Gasteiger charge is -2.14. The summed E-state index contributed by atoms with van der Waals surface area (Å²) in [5.74, 6) is -0.0891. The van der Waals surface area contributed by atoms with Crippen molar-refractivity contribution in [3.05, 3.63) is 59.7 Å². The molecule has 5 nitrogen and oxygen atoms in total. The van der Waals surface area contributed by atoms with Crippen LogP contribution in [0, 0.1) is 6.92 Å². The topological polar surface area (TPSA) is 64.6 Å². The van der Waals surface area contributed by atoms with Crippen LogP contribution in [0.3, 0.4) is 0 Å². The number of benzene rings is 2. The van der Waals surface area contributed by atoms with Crippen LogP contribution in [0.2, 0.25) is 0 Å². The van der Waals surface area contributed by atoms with Gasteiger partial charge in [-0.15, -0.1) is 0 Å². The number of carbonyl (C=O) groups excluding carboxylic acids is 2. The van der Waals surface area contributed by atoms with Gasteiger partial charge in [-0.2, -0.15) is 0 Å². The predicted molar refractivity (Wildman–Crippen MR) is 92.1 cm³/mol. The van der Waals surface area contributed by atoms with Crippen LogP contribution in [0.1, 0.15) is 18.1 Å². The van der Waals surface area contributed by atoms with Crippen LogP contribution >= 0.6 is 0 Å². The zero-order valence-electron chi connectivity index (χ0n) is 14.0. The van der Waals surface area contributed by atoms with Gasteiger partial charge < -0.3 is 14.8 Å². The lowest BCUT2D eigenvalue weighted by atomic mass is 10.1. The molecule has 0 fully saturated rings. The highest BCUT2D eigenvalue weighted by molar-refractivity contribution is 5.95. The lowest BCUT2D eigenvalue weighted by molar-refractivity contribution is -0.152. The molecule has 0 saturated carbocycles. The molecule has 0 heterocycles. The van der Waals surface area contributed by atoms with E-state index in [1.165, 1.54) is 0 Å². The highest BCUT2D eigenvalue weighted by atomic mass is 16.5. The van der Waals surface area contributed by atoms with Gasteiger partial charge in [0.1, 0.15) is 5.75 Å². The third kappa shape index (κ3) is 5.12. The molecule has 0 saturated heterocycles. The largest absolute Gasteiger partial charge is 0.497 e. The van der Waals surface area contributed by atoms with Crippen LogP contribution in [0.15, 0.2) is 48.5 Å². The Morgan fingerprint density at radius 3 is 2.46 bits per heavy atom. The van der Waals surface area contributed by atoms with Gasteiger partial charge in [-0.3, -0.25) is 9.59 Å². The number of anilines is 1. The van der Waals surface area contributed by atoms with Crippen molar-refractivity contribution in [1.82, 2.24) is 0 Å².